The van der Waals surface area contributed by atoms with Crippen molar-refractivity contribution in [2.45, 2.75) is 53.9 Å². The van der Waals surface area contributed by atoms with E-state index in [1.165, 1.54) is 5.56 Å². The molecule has 154 valence electrons. The Bertz CT molecular complexity index is 897. The molecule has 2 aromatic carbocycles. The summed E-state index contributed by atoms with van der Waals surface area (Å²) in [7, 11) is 0. The second-order valence-electron chi connectivity index (χ2n) is 9.25. The number of carbonyl (C=O) groups excluding carboxylic acids is 2. The quantitative estimate of drug-likeness (QED) is 0.540. The van der Waals surface area contributed by atoms with Crippen LogP contribution in [0.15, 0.2) is 53.6 Å². The molecule has 0 unspecified atom stereocenters. The van der Waals surface area contributed by atoms with Crippen LogP contribution in [-0.2, 0) is 5.41 Å². The van der Waals surface area contributed by atoms with Gasteiger partial charge in [0.2, 0.25) is 0 Å². The molecule has 2 rings (SSSR count). The van der Waals surface area contributed by atoms with Crippen LogP contribution in [0.3, 0.4) is 0 Å². The number of anilines is 1. The highest BCUT2D eigenvalue weighted by Crippen LogP contribution is 2.22. The molecule has 0 saturated heterocycles. The van der Waals surface area contributed by atoms with E-state index < -0.39 is 0 Å². The van der Waals surface area contributed by atoms with E-state index in [9.17, 15) is 9.59 Å². The molecule has 0 heterocycles. The number of hydrazone groups is 1. The van der Waals surface area contributed by atoms with Gasteiger partial charge in [-0.05, 0) is 54.3 Å². The number of nitrogens with zero attached hydrogens (tertiary/aromatic N) is 1. The predicted molar refractivity (Wildman–Crippen MR) is 120 cm³/mol. The Morgan fingerprint density at radius 3 is 1.72 bits per heavy atom. The maximum absolute atomic E-state index is 12.5. The fourth-order valence-electron chi connectivity index (χ4n) is 2.40. The van der Waals surface area contributed by atoms with Crippen molar-refractivity contribution in [2.75, 3.05) is 5.32 Å². The fourth-order valence-corrected chi connectivity index (χ4v) is 2.40. The first-order chi connectivity index (χ1) is 13.4. The molecule has 0 aromatic heterocycles. The van der Waals surface area contributed by atoms with Crippen LogP contribution in [-0.4, -0.2) is 17.5 Å². The van der Waals surface area contributed by atoms with Gasteiger partial charge < -0.3 is 5.32 Å². The summed E-state index contributed by atoms with van der Waals surface area (Å²) >= 11 is 0. The molecule has 2 aromatic rings. The summed E-state index contributed by atoms with van der Waals surface area (Å²) < 4.78 is 0. The van der Waals surface area contributed by atoms with Crippen molar-refractivity contribution < 1.29 is 9.59 Å². The zero-order valence-corrected chi connectivity index (χ0v) is 18.4. The normalized spacial score (nSPS) is 12.4. The van der Waals surface area contributed by atoms with Crippen molar-refractivity contribution in [1.82, 2.24) is 5.43 Å². The summed E-state index contributed by atoms with van der Waals surface area (Å²) in [6, 6.07) is 14.3. The Labute approximate surface area is 173 Å². The fraction of sp³-hybridized carbons (Fsp3) is 0.375. The zero-order chi connectivity index (χ0) is 21.8. The third-order valence-electron chi connectivity index (χ3n) is 4.83. The molecule has 29 heavy (non-hydrogen) atoms. The molecule has 0 bridgehead atoms. The van der Waals surface area contributed by atoms with Crippen molar-refractivity contribution in [3.63, 3.8) is 0 Å². The third kappa shape index (κ3) is 6.28. The van der Waals surface area contributed by atoms with Crippen molar-refractivity contribution in [3.8, 4) is 0 Å². The van der Waals surface area contributed by atoms with Crippen LogP contribution in [0.25, 0.3) is 0 Å². The number of benzene rings is 2. The molecule has 0 radical (unpaired) electrons. The van der Waals surface area contributed by atoms with Crippen molar-refractivity contribution in [1.29, 1.82) is 0 Å². The Morgan fingerprint density at radius 2 is 1.24 bits per heavy atom. The van der Waals surface area contributed by atoms with Crippen LogP contribution < -0.4 is 10.7 Å². The largest absolute Gasteiger partial charge is 0.322 e. The lowest BCUT2D eigenvalue weighted by Gasteiger charge is -2.19. The van der Waals surface area contributed by atoms with Gasteiger partial charge in [-0.1, -0.05) is 53.7 Å². The van der Waals surface area contributed by atoms with E-state index in [0.717, 1.165) is 5.71 Å². The second-order valence-corrected chi connectivity index (χ2v) is 9.25. The first-order valence-electron chi connectivity index (χ1n) is 9.75. The van der Waals surface area contributed by atoms with Gasteiger partial charge in [0, 0.05) is 27.9 Å². The highest BCUT2D eigenvalue weighted by atomic mass is 16.2. The van der Waals surface area contributed by atoms with Crippen LogP contribution in [0, 0.1) is 5.41 Å². The molecule has 0 aliphatic rings. The first kappa shape index (κ1) is 22.3. The summed E-state index contributed by atoms with van der Waals surface area (Å²) in [5.41, 5.74) is 6.21. The van der Waals surface area contributed by atoms with Crippen molar-refractivity contribution in [3.05, 3.63) is 65.2 Å². The number of carbonyl (C=O) groups is 2. The van der Waals surface area contributed by atoms with E-state index in [4.69, 9.17) is 0 Å². The van der Waals surface area contributed by atoms with Gasteiger partial charge in [0.1, 0.15) is 0 Å². The summed E-state index contributed by atoms with van der Waals surface area (Å²) in [5.74, 6) is -0.475. The lowest BCUT2D eigenvalue weighted by Crippen LogP contribution is -2.24. The van der Waals surface area contributed by atoms with Gasteiger partial charge in [0.05, 0.1) is 0 Å². The van der Waals surface area contributed by atoms with Crippen LogP contribution in [0.2, 0.25) is 0 Å². The number of amides is 2. The average Bonchev–Trinajstić information content (AvgIpc) is 2.65. The van der Waals surface area contributed by atoms with Crippen LogP contribution >= 0.6 is 0 Å². The number of rotatable bonds is 4. The minimum Gasteiger partial charge on any atom is -0.322 e. The van der Waals surface area contributed by atoms with E-state index in [0.29, 0.717) is 16.8 Å². The number of hydrogen-bond donors (Lipinski definition) is 2. The predicted octanol–water partition coefficient (Wildman–Crippen LogP) is 5.39. The van der Waals surface area contributed by atoms with Gasteiger partial charge >= 0.3 is 0 Å². The summed E-state index contributed by atoms with van der Waals surface area (Å²) in [6.45, 7) is 14.4. The lowest BCUT2D eigenvalue weighted by atomic mass is 9.87. The maximum Gasteiger partial charge on any atom is 0.271 e. The number of hydrogen-bond acceptors (Lipinski definition) is 3. The smallest absolute Gasteiger partial charge is 0.271 e. The van der Waals surface area contributed by atoms with Crippen LogP contribution in [0.4, 0.5) is 5.69 Å². The summed E-state index contributed by atoms with van der Waals surface area (Å²) in [4.78, 5) is 24.7. The molecule has 2 amide bonds. The standard InChI is InChI=1S/C24H31N3O2/c1-16(23(2,3)4)26-27-22(29)18-10-14-20(15-11-18)25-21(28)17-8-12-19(13-9-17)24(5,6)7/h8-15H,1-7H3,(H,25,28)(H,27,29). The molecule has 0 spiro atoms. The first-order valence-corrected chi connectivity index (χ1v) is 9.75. The molecule has 5 heteroatoms. The molecule has 0 saturated carbocycles. The minimum atomic E-state index is -0.288. The molecule has 0 aliphatic heterocycles. The van der Waals surface area contributed by atoms with E-state index in [-0.39, 0.29) is 22.6 Å². The van der Waals surface area contributed by atoms with Gasteiger partial charge in [-0.25, -0.2) is 5.43 Å². The van der Waals surface area contributed by atoms with E-state index in [2.05, 4.69) is 36.6 Å². The van der Waals surface area contributed by atoms with Crippen molar-refractivity contribution >= 4 is 23.2 Å². The Morgan fingerprint density at radius 1 is 0.759 bits per heavy atom. The van der Waals surface area contributed by atoms with Crippen LogP contribution in [0.1, 0.15) is 74.7 Å². The lowest BCUT2D eigenvalue weighted by molar-refractivity contribution is 0.0954. The average molecular weight is 394 g/mol. The van der Waals surface area contributed by atoms with Gasteiger partial charge in [-0.15, -0.1) is 0 Å². The highest BCUT2D eigenvalue weighted by molar-refractivity contribution is 6.04. The van der Waals surface area contributed by atoms with Gasteiger partial charge in [0.25, 0.3) is 11.8 Å². The second kappa shape index (κ2) is 8.60. The van der Waals surface area contributed by atoms with Crippen molar-refractivity contribution in [2.24, 2.45) is 10.5 Å². The third-order valence-corrected chi connectivity index (χ3v) is 4.83. The monoisotopic (exact) mass is 393 g/mol. The van der Waals surface area contributed by atoms with E-state index in [1.807, 2.05) is 52.0 Å². The Kier molecular flexibility index (Phi) is 6.62. The van der Waals surface area contributed by atoms with E-state index >= 15 is 0 Å². The highest BCUT2D eigenvalue weighted by Gasteiger charge is 2.16. The molecular formula is C24H31N3O2. The molecule has 0 fully saturated rings. The van der Waals surface area contributed by atoms with Gasteiger partial charge in [-0.2, -0.15) is 5.10 Å². The zero-order valence-electron chi connectivity index (χ0n) is 18.4. The number of nitrogens with one attached hydrogen (secondary N) is 2. The summed E-state index contributed by atoms with van der Waals surface area (Å²) in [6.07, 6.45) is 0. The minimum absolute atomic E-state index is 0.0425. The SMILES string of the molecule is CC(=NNC(=O)c1ccc(NC(=O)c2ccc(C(C)(C)C)cc2)cc1)C(C)(C)C. The Balaban J connectivity index is 2.01. The van der Waals surface area contributed by atoms with Crippen LogP contribution in [0.5, 0.6) is 0 Å². The molecular weight excluding hydrogens is 362 g/mol. The topological polar surface area (TPSA) is 70.6 Å². The molecule has 2 N–H and O–H groups in total. The maximum atomic E-state index is 12.5. The Hall–Kier alpha value is -2.95. The molecule has 0 aliphatic carbocycles. The van der Waals surface area contributed by atoms with E-state index in [1.54, 1.807) is 24.3 Å². The van der Waals surface area contributed by atoms with Gasteiger partial charge in [0.15, 0.2) is 0 Å². The summed E-state index contributed by atoms with van der Waals surface area (Å²) in [5, 5.41) is 7.01. The van der Waals surface area contributed by atoms with Gasteiger partial charge in [-0.3, -0.25) is 9.59 Å². The molecule has 5 nitrogen and oxygen atoms in total. The molecule has 0 atom stereocenters.